The molecule has 0 spiro atoms. The van der Waals surface area contributed by atoms with Gasteiger partial charge in [0.2, 0.25) is 11.8 Å². The van der Waals surface area contributed by atoms with Crippen molar-refractivity contribution in [1.82, 2.24) is 15.1 Å². The maximum absolute atomic E-state index is 15.2. The highest BCUT2D eigenvalue weighted by Gasteiger charge is 2.40. The summed E-state index contributed by atoms with van der Waals surface area (Å²) >= 11 is 1.31. The molecule has 2 atom stereocenters. The van der Waals surface area contributed by atoms with Crippen LogP contribution >= 0.6 is 11.8 Å². The number of anilines is 1. The molecule has 0 bridgehead atoms. The van der Waals surface area contributed by atoms with Crippen LogP contribution in [0.15, 0.2) is 48.5 Å². The van der Waals surface area contributed by atoms with Gasteiger partial charge in [-0.05, 0) is 43.2 Å². The number of fused-ring (bicyclic) bond motifs is 1. The molecule has 10 heteroatoms. The number of nitrogens with one attached hydrogen (secondary N) is 1. The Labute approximate surface area is 230 Å². The molecule has 0 unspecified atom stereocenters. The monoisotopic (exact) mass is 554 g/mol. The molecule has 39 heavy (non-hydrogen) atoms. The van der Waals surface area contributed by atoms with Gasteiger partial charge in [-0.1, -0.05) is 39.0 Å². The topological polar surface area (TPSA) is 76.5 Å². The van der Waals surface area contributed by atoms with Gasteiger partial charge in [-0.2, -0.15) is 5.10 Å². The minimum Gasteiger partial charge on any atom is -0.376 e. The van der Waals surface area contributed by atoms with Crippen LogP contribution in [0.25, 0.3) is 5.69 Å². The zero-order valence-corrected chi connectivity index (χ0v) is 23.1. The maximum Gasteiger partial charge on any atom is 0.240 e. The van der Waals surface area contributed by atoms with Gasteiger partial charge in [-0.3, -0.25) is 14.5 Å². The summed E-state index contributed by atoms with van der Waals surface area (Å²) in [6.45, 7) is 6.80. The van der Waals surface area contributed by atoms with Gasteiger partial charge < -0.3 is 10.1 Å². The lowest BCUT2D eigenvalue weighted by Gasteiger charge is -2.25. The first-order valence-electron chi connectivity index (χ1n) is 13.1. The molecule has 2 aliphatic heterocycles. The van der Waals surface area contributed by atoms with Crippen LogP contribution in [0.2, 0.25) is 0 Å². The first-order chi connectivity index (χ1) is 18.6. The van der Waals surface area contributed by atoms with E-state index in [0.29, 0.717) is 41.5 Å². The Morgan fingerprint density at radius 3 is 2.56 bits per heavy atom. The van der Waals surface area contributed by atoms with E-state index in [1.807, 2.05) is 20.8 Å². The van der Waals surface area contributed by atoms with Gasteiger partial charge >= 0.3 is 0 Å². The van der Waals surface area contributed by atoms with Crippen LogP contribution in [0.4, 0.5) is 14.6 Å². The van der Waals surface area contributed by atoms with Gasteiger partial charge in [0.05, 0.1) is 28.5 Å². The van der Waals surface area contributed by atoms with Gasteiger partial charge in [0.15, 0.2) is 0 Å². The Kier molecular flexibility index (Phi) is 7.77. The number of amides is 2. The summed E-state index contributed by atoms with van der Waals surface area (Å²) in [4.78, 5) is 28.2. The summed E-state index contributed by atoms with van der Waals surface area (Å²) in [7, 11) is 0. The van der Waals surface area contributed by atoms with Crippen LogP contribution in [0.3, 0.4) is 0 Å². The number of benzene rings is 2. The number of carbonyl (C=O) groups excluding carboxylic acids is 2. The molecule has 2 aliphatic rings. The molecule has 1 aromatic heterocycles. The van der Waals surface area contributed by atoms with Crippen LogP contribution in [0.1, 0.15) is 55.7 Å². The number of aromatic nitrogens is 2. The second-order valence-corrected chi connectivity index (χ2v) is 11.9. The van der Waals surface area contributed by atoms with Crippen molar-refractivity contribution in [3.05, 3.63) is 77.0 Å². The molecule has 0 radical (unpaired) electrons. The maximum atomic E-state index is 15.2. The summed E-state index contributed by atoms with van der Waals surface area (Å²) in [6.07, 6.45) is 1.79. The van der Waals surface area contributed by atoms with Crippen LogP contribution in [-0.4, -0.2) is 53.1 Å². The standard InChI is InChI=1S/C29H32F2N4O3S/c1-29(2,3)27-25-26(21-8-4-5-9-22(21)31)39-17-24(37)34(16-23(36)32-15-20-7-6-14-38-20)28(25)35(33-27)19-12-10-18(30)11-13-19/h4-5,8-13,20,26H,6-7,14-17H2,1-3H3,(H,32,36)/t20-,26-/m1/s1. The Morgan fingerprint density at radius 1 is 1.15 bits per heavy atom. The molecule has 3 aromatic rings. The molecule has 2 aromatic carbocycles. The molecule has 7 nitrogen and oxygen atoms in total. The highest BCUT2D eigenvalue weighted by molar-refractivity contribution is 8.00. The van der Waals surface area contributed by atoms with E-state index >= 15 is 4.39 Å². The van der Waals surface area contributed by atoms with Crippen molar-refractivity contribution in [2.45, 2.75) is 50.4 Å². The van der Waals surface area contributed by atoms with Crippen LogP contribution in [0.5, 0.6) is 0 Å². The average molecular weight is 555 g/mol. The number of halogens is 2. The zero-order chi connectivity index (χ0) is 27.7. The predicted octanol–water partition coefficient (Wildman–Crippen LogP) is 4.91. The van der Waals surface area contributed by atoms with Crippen molar-refractivity contribution >= 4 is 29.4 Å². The Hall–Kier alpha value is -3.24. The highest BCUT2D eigenvalue weighted by Crippen LogP contribution is 2.48. The second kappa shape index (κ2) is 11.1. The minimum atomic E-state index is -0.548. The minimum absolute atomic E-state index is 0.0393. The predicted molar refractivity (Wildman–Crippen MR) is 147 cm³/mol. The van der Waals surface area contributed by atoms with Crippen LogP contribution in [0, 0.1) is 11.6 Å². The molecule has 1 N–H and O–H groups in total. The number of rotatable bonds is 6. The first-order valence-corrected chi connectivity index (χ1v) is 14.1. The van der Waals surface area contributed by atoms with Gasteiger partial charge in [-0.15, -0.1) is 11.8 Å². The molecular formula is C29H32F2N4O3S. The van der Waals surface area contributed by atoms with E-state index in [2.05, 4.69) is 5.32 Å². The average Bonchev–Trinajstić information content (AvgIpc) is 3.53. The van der Waals surface area contributed by atoms with Gasteiger partial charge in [0.25, 0.3) is 0 Å². The van der Waals surface area contributed by atoms with Crippen molar-refractivity contribution in [2.24, 2.45) is 0 Å². The number of nitrogens with zero attached hydrogens (tertiary/aromatic N) is 3. The summed E-state index contributed by atoms with van der Waals surface area (Å²) in [5, 5.41) is 7.27. The molecule has 1 fully saturated rings. The highest BCUT2D eigenvalue weighted by atomic mass is 32.2. The van der Waals surface area contributed by atoms with E-state index in [0.717, 1.165) is 12.8 Å². The summed E-state index contributed by atoms with van der Waals surface area (Å²) < 4.78 is 36.2. The van der Waals surface area contributed by atoms with Crippen molar-refractivity contribution in [3.63, 3.8) is 0 Å². The SMILES string of the molecule is CC(C)(C)c1nn(-c2ccc(F)cc2)c2c1[C@@H](c1ccccc1F)SCC(=O)N2CC(=O)NC[C@H]1CCCO1. The number of hydrogen-bond acceptors (Lipinski definition) is 5. The summed E-state index contributed by atoms with van der Waals surface area (Å²) in [6, 6.07) is 12.3. The van der Waals surface area contributed by atoms with E-state index < -0.39 is 16.5 Å². The van der Waals surface area contributed by atoms with E-state index in [4.69, 9.17) is 9.84 Å². The van der Waals surface area contributed by atoms with E-state index in [1.165, 1.54) is 34.9 Å². The second-order valence-electron chi connectivity index (χ2n) is 10.9. The van der Waals surface area contributed by atoms with Gasteiger partial charge in [0.1, 0.15) is 24.0 Å². The van der Waals surface area contributed by atoms with Gasteiger partial charge in [-0.25, -0.2) is 13.5 Å². The molecule has 0 saturated carbocycles. The van der Waals surface area contributed by atoms with Crippen molar-refractivity contribution < 1.29 is 23.1 Å². The fraction of sp³-hybridized carbons (Fsp3) is 0.414. The first kappa shape index (κ1) is 27.3. The van der Waals surface area contributed by atoms with Crippen molar-refractivity contribution in [1.29, 1.82) is 0 Å². The third-order valence-electron chi connectivity index (χ3n) is 6.91. The fourth-order valence-corrected chi connectivity index (χ4v) is 6.22. The molecule has 206 valence electrons. The number of thioether (sulfide) groups is 1. The Morgan fingerprint density at radius 2 is 1.90 bits per heavy atom. The van der Waals surface area contributed by atoms with Crippen molar-refractivity contribution in [2.75, 3.05) is 30.3 Å². The van der Waals surface area contributed by atoms with Gasteiger partial charge in [0, 0.05) is 29.7 Å². The molecule has 5 rings (SSSR count). The van der Waals surface area contributed by atoms with Crippen LogP contribution < -0.4 is 10.2 Å². The molecule has 2 amide bonds. The smallest absolute Gasteiger partial charge is 0.240 e. The Balaban J connectivity index is 1.66. The van der Waals surface area contributed by atoms with E-state index in [-0.39, 0.29) is 36.0 Å². The molecule has 1 saturated heterocycles. The lowest BCUT2D eigenvalue weighted by molar-refractivity contribution is -0.123. The fourth-order valence-electron chi connectivity index (χ4n) is 5.00. The largest absolute Gasteiger partial charge is 0.376 e. The van der Waals surface area contributed by atoms with E-state index in [9.17, 15) is 14.0 Å². The Bertz CT molecular complexity index is 1360. The van der Waals surface area contributed by atoms with Crippen LogP contribution in [-0.2, 0) is 19.7 Å². The molecule has 0 aliphatic carbocycles. The number of ether oxygens (including phenoxy) is 1. The number of carbonyl (C=O) groups is 2. The lowest BCUT2D eigenvalue weighted by atomic mass is 9.87. The molecular weight excluding hydrogens is 522 g/mol. The quantitative estimate of drug-likeness (QED) is 0.469. The number of hydrogen-bond donors (Lipinski definition) is 1. The summed E-state index contributed by atoms with van der Waals surface area (Å²) in [5.41, 5.74) is 1.81. The van der Waals surface area contributed by atoms with Crippen molar-refractivity contribution in [3.8, 4) is 5.69 Å². The third-order valence-corrected chi connectivity index (χ3v) is 8.15. The zero-order valence-electron chi connectivity index (χ0n) is 22.2. The third kappa shape index (κ3) is 5.72. The molecule has 3 heterocycles. The lowest BCUT2D eigenvalue weighted by Crippen LogP contribution is -2.44. The summed E-state index contributed by atoms with van der Waals surface area (Å²) in [5.74, 6) is -0.985. The van der Waals surface area contributed by atoms with E-state index in [1.54, 1.807) is 35.0 Å². The normalized spacial score (nSPS) is 19.6.